The Kier molecular flexibility index (Phi) is 6.70. The van der Waals surface area contributed by atoms with Crippen molar-refractivity contribution in [2.24, 2.45) is 11.8 Å². The van der Waals surface area contributed by atoms with Crippen LogP contribution in [0.2, 0.25) is 0 Å². The van der Waals surface area contributed by atoms with Gasteiger partial charge < -0.3 is 14.8 Å². The lowest BCUT2D eigenvalue weighted by molar-refractivity contribution is -0.138. The Hall–Kier alpha value is -4.16. The van der Waals surface area contributed by atoms with Crippen LogP contribution in [0, 0.1) is 23.5 Å². The molecule has 13 heteroatoms. The zero-order valence-corrected chi connectivity index (χ0v) is 22.6. The molecule has 1 aliphatic heterocycles. The Bertz CT molecular complexity index is 1660. The van der Waals surface area contributed by atoms with Crippen LogP contribution in [0.1, 0.15) is 57.1 Å². The van der Waals surface area contributed by atoms with Crippen LogP contribution in [-0.4, -0.2) is 29.2 Å². The molecular weight excluding hydrogens is 583 g/mol. The van der Waals surface area contributed by atoms with E-state index in [2.05, 4.69) is 5.32 Å². The topological polar surface area (TPSA) is 71.4 Å². The predicted molar refractivity (Wildman–Crippen MR) is 138 cm³/mol. The van der Waals surface area contributed by atoms with E-state index in [9.17, 15) is 45.1 Å². The van der Waals surface area contributed by atoms with E-state index in [0.717, 1.165) is 12.1 Å². The third-order valence-electron chi connectivity index (χ3n) is 8.43. The lowest BCUT2D eigenvalue weighted by Gasteiger charge is -2.25. The summed E-state index contributed by atoms with van der Waals surface area (Å²) in [6.07, 6.45) is -5.35. The standard InChI is InChI=1S/C30H24F7N3O3/c1-39(19-2-3-21-16(7-19)11-38-27(21)42)28(43)15(4-14-5-17(31)9-18(32)6-14)8-20(41)12-40-13-24(30(35,36)37)25-22-10-23(22)29(33,34)26(25)40/h2-3,5-7,9,13,15,22-23H,4,8,10-12H2,1H3,(H,38,42). The Balaban J connectivity index is 1.29. The van der Waals surface area contributed by atoms with Crippen LogP contribution >= 0.6 is 0 Å². The number of nitrogens with one attached hydrogen (secondary N) is 1. The SMILES string of the molecule is CN(C(=O)C(CC(=O)Cn1cc(C(F)(F)F)c2c1C(F)(F)C1CC21)Cc1cc(F)cc(F)c1)c1ccc2c(c1)CNC2=O. The van der Waals surface area contributed by atoms with Crippen molar-refractivity contribution in [2.75, 3.05) is 11.9 Å². The van der Waals surface area contributed by atoms with E-state index in [1.807, 2.05) is 0 Å². The van der Waals surface area contributed by atoms with Crippen LogP contribution in [0.4, 0.5) is 36.4 Å². The number of Topliss-reactive ketones (excluding diaryl/α,β-unsaturated/α-hetero) is 1. The second-order valence-corrected chi connectivity index (χ2v) is 11.3. The summed E-state index contributed by atoms with van der Waals surface area (Å²) in [6, 6.07) is 7.24. The lowest BCUT2D eigenvalue weighted by atomic mass is 9.92. The van der Waals surface area contributed by atoms with Crippen LogP contribution in [0.25, 0.3) is 0 Å². The molecule has 1 fully saturated rings. The van der Waals surface area contributed by atoms with E-state index in [4.69, 9.17) is 0 Å². The number of fused-ring (bicyclic) bond motifs is 4. The molecular formula is C30H24F7N3O3. The number of aromatic nitrogens is 1. The maximum Gasteiger partial charge on any atom is 0.418 e. The summed E-state index contributed by atoms with van der Waals surface area (Å²) >= 11 is 0. The maximum absolute atomic E-state index is 15.0. The van der Waals surface area contributed by atoms with Crippen LogP contribution in [-0.2, 0) is 41.2 Å². The maximum atomic E-state index is 15.0. The van der Waals surface area contributed by atoms with Crippen LogP contribution < -0.4 is 10.2 Å². The van der Waals surface area contributed by atoms with E-state index in [-0.39, 0.29) is 30.9 Å². The van der Waals surface area contributed by atoms with E-state index >= 15 is 0 Å². The number of carbonyl (C=O) groups excluding carboxylic acids is 3. The van der Waals surface area contributed by atoms with Crippen molar-refractivity contribution >= 4 is 23.3 Å². The number of anilines is 1. The van der Waals surface area contributed by atoms with Gasteiger partial charge in [-0.3, -0.25) is 14.4 Å². The molecule has 0 bridgehead atoms. The summed E-state index contributed by atoms with van der Waals surface area (Å²) in [7, 11) is 1.40. The molecule has 2 heterocycles. The fourth-order valence-electron chi connectivity index (χ4n) is 6.38. The van der Waals surface area contributed by atoms with Gasteiger partial charge in [0.1, 0.15) is 11.6 Å². The molecule has 1 N–H and O–H groups in total. The molecule has 0 spiro atoms. The Labute approximate surface area is 240 Å². The van der Waals surface area contributed by atoms with Gasteiger partial charge in [0, 0.05) is 55.4 Å². The summed E-state index contributed by atoms with van der Waals surface area (Å²) in [5.41, 5.74) is -1.05. The molecule has 1 saturated carbocycles. The number of ketones is 1. The van der Waals surface area contributed by atoms with Gasteiger partial charge in [-0.1, -0.05) is 0 Å². The molecule has 1 aromatic heterocycles. The molecule has 6 rings (SSSR count). The number of halogens is 7. The molecule has 6 nitrogen and oxygen atoms in total. The smallest absolute Gasteiger partial charge is 0.348 e. The second kappa shape index (κ2) is 9.95. The van der Waals surface area contributed by atoms with E-state index in [1.165, 1.54) is 24.1 Å². The first kappa shape index (κ1) is 28.9. The molecule has 2 aromatic carbocycles. The average molecular weight is 608 g/mol. The average Bonchev–Trinajstić information content (AvgIpc) is 3.42. The molecule has 3 aromatic rings. The van der Waals surface area contributed by atoms with Crippen molar-refractivity contribution in [3.8, 4) is 0 Å². The quantitative estimate of drug-likeness (QED) is 0.333. The predicted octanol–water partition coefficient (Wildman–Crippen LogP) is 5.72. The Morgan fingerprint density at radius 1 is 1.12 bits per heavy atom. The van der Waals surface area contributed by atoms with Gasteiger partial charge in [-0.25, -0.2) is 8.78 Å². The number of hydrogen-bond acceptors (Lipinski definition) is 3. The number of hydrogen-bond donors (Lipinski definition) is 1. The van der Waals surface area contributed by atoms with Gasteiger partial charge in [-0.2, -0.15) is 22.0 Å². The third-order valence-corrected chi connectivity index (χ3v) is 8.43. The zero-order chi connectivity index (χ0) is 31.0. The van der Waals surface area contributed by atoms with Crippen molar-refractivity contribution in [3.05, 3.63) is 87.7 Å². The van der Waals surface area contributed by atoms with Crippen molar-refractivity contribution in [1.29, 1.82) is 0 Å². The highest BCUT2D eigenvalue weighted by Gasteiger charge is 2.67. The number of amides is 2. The van der Waals surface area contributed by atoms with Crippen LogP contribution in [0.15, 0.2) is 42.6 Å². The number of rotatable bonds is 8. The number of carbonyl (C=O) groups is 3. The van der Waals surface area contributed by atoms with Crippen LogP contribution in [0.5, 0.6) is 0 Å². The minimum atomic E-state index is -4.90. The normalized spacial score (nSPS) is 20.2. The summed E-state index contributed by atoms with van der Waals surface area (Å²) in [5.74, 6) is -10.5. The largest absolute Gasteiger partial charge is 0.418 e. The van der Waals surface area contributed by atoms with Gasteiger partial charge in [0.05, 0.1) is 17.8 Å². The summed E-state index contributed by atoms with van der Waals surface area (Å²) in [5, 5.41) is 2.65. The van der Waals surface area contributed by atoms with Gasteiger partial charge in [0.2, 0.25) is 5.91 Å². The number of nitrogens with zero attached hydrogens (tertiary/aromatic N) is 2. The fourth-order valence-corrected chi connectivity index (χ4v) is 6.38. The molecule has 3 unspecified atom stereocenters. The van der Waals surface area contributed by atoms with Gasteiger partial charge in [-0.05, 0) is 65.8 Å². The van der Waals surface area contributed by atoms with Crippen molar-refractivity contribution in [2.45, 2.75) is 50.4 Å². The highest BCUT2D eigenvalue weighted by Crippen LogP contribution is 2.69. The molecule has 226 valence electrons. The fraction of sp³-hybridized carbons (Fsp3) is 0.367. The van der Waals surface area contributed by atoms with E-state index < -0.39 is 83.0 Å². The lowest BCUT2D eigenvalue weighted by Crippen LogP contribution is -2.36. The molecule has 3 aliphatic rings. The molecule has 0 radical (unpaired) electrons. The highest BCUT2D eigenvalue weighted by molar-refractivity contribution is 6.01. The monoisotopic (exact) mass is 607 g/mol. The zero-order valence-electron chi connectivity index (χ0n) is 22.6. The Morgan fingerprint density at radius 2 is 1.81 bits per heavy atom. The van der Waals surface area contributed by atoms with E-state index in [1.54, 1.807) is 6.07 Å². The highest BCUT2D eigenvalue weighted by atomic mass is 19.4. The van der Waals surface area contributed by atoms with E-state index in [0.29, 0.717) is 33.6 Å². The van der Waals surface area contributed by atoms with Gasteiger partial charge in [-0.15, -0.1) is 0 Å². The van der Waals surface area contributed by atoms with Gasteiger partial charge in [0.15, 0.2) is 5.78 Å². The summed E-state index contributed by atoms with van der Waals surface area (Å²) in [6.45, 7) is -0.604. The molecule has 3 atom stereocenters. The first-order valence-corrected chi connectivity index (χ1v) is 13.5. The number of alkyl halides is 5. The van der Waals surface area contributed by atoms with Crippen molar-refractivity contribution < 1.29 is 45.1 Å². The first-order valence-electron chi connectivity index (χ1n) is 13.5. The number of benzene rings is 2. The molecule has 2 amide bonds. The van der Waals surface area contributed by atoms with Crippen LogP contribution in [0.3, 0.4) is 0 Å². The molecule has 2 aliphatic carbocycles. The summed E-state index contributed by atoms with van der Waals surface area (Å²) in [4.78, 5) is 40.0. The minimum Gasteiger partial charge on any atom is -0.348 e. The van der Waals surface area contributed by atoms with Crippen molar-refractivity contribution in [1.82, 2.24) is 9.88 Å². The van der Waals surface area contributed by atoms with Crippen molar-refractivity contribution in [3.63, 3.8) is 0 Å². The van der Waals surface area contributed by atoms with Gasteiger partial charge in [0.25, 0.3) is 11.8 Å². The molecule has 0 saturated heterocycles. The third kappa shape index (κ3) is 5.08. The second-order valence-electron chi connectivity index (χ2n) is 11.3. The first-order chi connectivity index (χ1) is 20.1. The minimum absolute atomic E-state index is 0.0497. The summed E-state index contributed by atoms with van der Waals surface area (Å²) < 4.78 is 99.7. The molecule has 43 heavy (non-hydrogen) atoms. The van der Waals surface area contributed by atoms with Gasteiger partial charge >= 0.3 is 6.18 Å². The Morgan fingerprint density at radius 3 is 2.49 bits per heavy atom.